The van der Waals surface area contributed by atoms with Gasteiger partial charge in [-0.3, -0.25) is 10.1 Å². The van der Waals surface area contributed by atoms with Crippen molar-refractivity contribution in [2.45, 2.75) is 6.92 Å². The van der Waals surface area contributed by atoms with Gasteiger partial charge in [-0.1, -0.05) is 48.5 Å². The summed E-state index contributed by atoms with van der Waals surface area (Å²) < 4.78 is 5.26. The number of fused-ring (bicyclic) bond motifs is 2. The Kier molecular flexibility index (Phi) is 5.65. The van der Waals surface area contributed by atoms with E-state index in [0.717, 1.165) is 33.2 Å². The molecular formula is C26H21N5O2S. The number of carbonyl (C=O) groups excluding carboxylic acids is 1. The summed E-state index contributed by atoms with van der Waals surface area (Å²) in [6.45, 7) is 1.95. The third-order valence-corrected chi connectivity index (χ3v) is 5.74. The smallest absolute Gasteiger partial charge is 0.261 e. The van der Waals surface area contributed by atoms with E-state index >= 15 is 0 Å². The molecule has 34 heavy (non-hydrogen) atoms. The number of hydrogen-bond acceptors (Lipinski definition) is 5. The number of amides is 1. The molecule has 2 N–H and O–H groups in total. The highest BCUT2D eigenvalue weighted by Crippen LogP contribution is 2.25. The molecule has 5 rings (SSSR count). The summed E-state index contributed by atoms with van der Waals surface area (Å²) >= 11 is 5.38. The summed E-state index contributed by atoms with van der Waals surface area (Å²) in [5.74, 6) is 0.126. The van der Waals surface area contributed by atoms with Crippen LogP contribution in [0.1, 0.15) is 15.9 Å². The Bertz CT molecular complexity index is 1550. The van der Waals surface area contributed by atoms with Crippen LogP contribution in [-0.2, 0) is 0 Å². The zero-order chi connectivity index (χ0) is 23.7. The maximum Gasteiger partial charge on any atom is 0.261 e. The second kappa shape index (κ2) is 8.92. The van der Waals surface area contributed by atoms with Crippen molar-refractivity contribution in [3.8, 4) is 11.4 Å². The number of methoxy groups -OCH3 is 1. The van der Waals surface area contributed by atoms with Crippen LogP contribution in [0.5, 0.6) is 5.75 Å². The Labute approximate surface area is 201 Å². The zero-order valence-corrected chi connectivity index (χ0v) is 19.4. The number of para-hydroxylation sites is 1. The molecule has 0 aliphatic rings. The van der Waals surface area contributed by atoms with Crippen molar-refractivity contribution in [3.05, 3.63) is 90.0 Å². The van der Waals surface area contributed by atoms with Crippen molar-refractivity contribution < 1.29 is 9.53 Å². The predicted molar refractivity (Wildman–Crippen MR) is 138 cm³/mol. The SMILES string of the molecule is COc1ccccc1C(=O)NC(=S)Nc1cc2nn(-c3cccc4ccccc34)nc2cc1C. The minimum atomic E-state index is -0.351. The first kappa shape index (κ1) is 21.5. The summed E-state index contributed by atoms with van der Waals surface area (Å²) in [6.07, 6.45) is 0. The Morgan fingerprint density at radius 3 is 2.47 bits per heavy atom. The second-order valence-corrected chi connectivity index (χ2v) is 8.16. The third-order valence-electron chi connectivity index (χ3n) is 5.54. The maximum absolute atomic E-state index is 12.6. The number of ether oxygens (including phenoxy) is 1. The number of aromatic nitrogens is 3. The first-order valence-electron chi connectivity index (χ1n) is 10.6. The van der Waals surface area contributed by atoms with Gasteiger partial charge in [0.05, 0.1) is 18.4 Å². The molecule has 1 heterocycles. The fourth-order valence-electron chi connectivity index (χ4n) is 3.85. The van der Waals surface area contributed by atoms with Gasteiger partial charge in [-0.2, -0.15) is 0 Å². The van der Waals surface area contributed by atoms with Crippen LogP contribution >= 0.6 is 12.2 Å². The van der Waals surface area contributed by atoms with E-state index in [4.69, 9.17) is 22.1 Å². The van der Waals surface area contributed by atoms with Gasteiger partial charge in [0.25, 0.3) is 5.91 Å². The summed E-state index contributed by atoms with van der Waals surface area (Å²) in [6, 6.07) is 25.0. The minimum Gasteiger partial charge on any atom is -0.496 e. The van der Waals surface area contributed by atoms with Crippen LogP contribution in [0.2, 0.25) is 0 Å². The van der Waals surface area contributed by atoms with Crippen molar-refractivity contribution >= 4 is 50.7 Å². The summed E-state index contributed by atoms with van der Waals surface area (Å²) in [4.78, 5) is 14.3. The van der Waals surface area contributed by atoms with Crippen LogP contribution in [0.3, 0.4) is 0 Å². The van der Waals surface area contributed by atoms with Gasteiger partial charge in [-0.25, -0.2) is 0 Å². The van der Waals surface area contributed by atoms with E-state index in [2.05, 4.69) is 33.9 Å². The maximum atomic E-state index is 12.6. The average molecular weight is 468 g/mol. The number of hydrogen-bond donors (Lipinski definition) is 2. The fourth-order valence-corrected chi connectivity index (χ4v) is 4.05. The van der Waals surface area contributed by atoms with Gasteiger partial charge >= 0.3 is 0 Å². The van der Waals surface area contributed by atoms with Crippen LogP contribution in [-0.4, -0.2) is 33.1 Å². The molecule has 0 bridgehead atoms. The van der Waals surface area contributed by atoms with Crippen molar-refractivity contribution in [1.29, 1.82) is 0 Å². The molecule has 0 atom stereocenters. The molecule has 0 aliphatic carbocycles. The summed E-state index contributed by atoms with van der Waals surface area (Å²) in [5.41, 5.74) is 4.44. The quantitative estimate of drug-likeness (QED) is 0.362. The molecule has 4 aromatic carbocycles. The lowest BCUT2D eigenvalue weighted by atomic mass is 10.1. The van der Waals surface area contributed by atoms with Gasteiger partial charge in [0.2, 0.25) is 0 Å². The third kappa shape index (κ3) is 4.06. The lowest BCUT2D eigenvalue weighted by Gasteiger charge is -2.13. The number of aryl methyl sites for hydroxylation is 1. The van der Waals surface area contributed by atoms with Gasteiger partial charge in [-0.15, -0.1) is 15.0 Å². The second-order valence-electron chi connectivity index (χ2n) is 7.75. The molecule has 1 amide bonds. The molecular weight excluding hydrogens is 446 g/mol. The van der Waals surface area contributed by atoms with Gasteiger partial charge < -0.3 is 10.1 Å². The van der Waals surface area contributed by atoms with E-state index in [1.54, 1.807) is 29.1 Å². The van der Waals surface area contributed by atoms with E-state index < -0.39 is 0 Å². The van der Waals surface area contributed by atoms with Crippen molar-refractivity contribution in [2.75, 3.05) is 12.4 Å². The highest BCUT2D eigenvalue weighted by Gasteiger charge is 2.15. The normalized spacial score (nSPS) is 10.9. The number of thiocarbonyl (C=S) groups is 1. The molecule has 0 saturated heterocycles. The fraction of sp³-hybridized carbons (Fsp3) is 0.0769. The minimum absolute atomic E-state index is 0.180. The standard InChI is InChI=1S/C26H21N5O2S/c1-16-14-21-22(30-31(29-21)23-12-7-9-17-8-3-4-10-18(17)23)15-20(16)27-26(34)28-25(32)19-11-5-6-13-24(19)33-2/h3-15H,1-2H3,(H2,27,28,32,34). The van der Waals surface area contributed by atoms with Crippen molar-refractivity contribution in [3.63, 3.8) is 0 Å². The van der Waals surface area contributed by atoms with Gasteiger partial charge in [0.1, 0.15) is 16.8 Å². The Hall–Kier alpha value is -4.30. The van der Waals surface area contributed by atoms with E-state index in [1.807, 2.05) is 43.3 Å². The number of nitrogens with one attached hydrogen (secondary N) is 2. The van der Waals surface area contributed by atoms with E-state index in [0.29, 0.717) is 16.8 Å². The molecule has 8 heteroatoms. The number of rotatable bonds is 4. The molecule has 0 radical (unpaired) electrons. The molecule has 0 fully saturated rings. The number of carbonyl (C=O) groups is 1. The largest absolute Gasteiger partial charge is 0.496 e. The van der Waals surface area contributed by atoms with Crippen LogP contribution in [0.15, 0.2) is 78.9 Å². The molecule has 1 aromatic heterocycles. The Balaban J connectivity index is 1.41. The Morgan fingerprint density at radius 1 is 0.941 bits per heavy atom. The van der Waals surface area contributed by atoms with E-state index in [1.165, 1.54) is 7.11 Å². The number of anilines is 1. The highest BCUT2D eigenvalue weighted by atomic mass is 32.1. The lowest BCUT2D eigenvalue weighted by molar-refractivity contribution is 0.0975. The monoisotopic (exact) mass is 467 g/mol. The van der Waals surface area contributed by atoms with Crippen LogP contribution in [0, 0.1) is 6.92 Å². The molecule has 0 unspecified atom stereocenters. The van der Waals surface area contributed by atoms with Crippen molar-refractivity contribution in [2.24, 2.45) is 0 Å². The average Bonchev–Trinajstić information content (AvgIpc) is 3.26. The first-order chi connectivity index (χ1) is 16.5. The summed E-state index contributed by atoms with van der Waals surface area (Å²) in [7, 11) is 1.52. The van der Waals surface area contributed by atoms with E-state index in [9.17, 15) is 4.79 Å². The van der Waals surface area contributed by atoms with Gasteiger partial charge in [-0.05, 0) is 60.4 Å². The number of benzene rings is 4. The van der Waals surface area contributed by atoms with Crippen LogP contribution in [0.4, 0.5) is 5.69 Å². The number of nitrogens with zero attached hydrogens (tertiary/aromatic N) is 3. The molecule has 5 aromatic rings. The van der Waals surface area contributed by atoms with Crippen LogP contribution < -0.4 is 15.4 Å². The van der Waals surface area contributed by atoms with Gasteiger partial charge in [0.15, 0.2) is 5.11 Å². The van der Waals surface area contributed by atoms with Crippen molar-refractivity contribution in [1.82, 2.24) is 20.3 Å². The molecule has 0 saturated carbocycles. The van der Waals surface area contributed by atoms with Crippen LogP contribution in [0.25, 0.3) is 27.5 Å². The predicted octanol–water partition coefficient (Wildman–Crippen LogP) is 5.02. The zero-order valence-electron chi connectivity index (χ0n) is 18.6. The topological polar surface area (TPSA) is 81.1 Å². The Morgan fingerprint density at radius 2 is 1.65 bits per heavy atom. The molecule has 7 nitrogen and oxygen atoms in total. The molecule has 0 spiro atoms. The molecule has 0 aliphatic heterocycles. The highest BCUT2D eigenvalue weighted by molar-refractivity contribution is 7.80. The first-order valence-corrected chi connectivity index (χ1v) is 11.1. The van der Waals surface area contributed by atoms with E-state index in [-0.39, 0.29) is 11.0 Å². The van der Waals surface area contributed by atoms with Gasteiger partial charge in [0, 0.05) is 11.1 Å². The molecule has 168 valence electrons. The lowest BCUT2D eigenvalue weighted by Crippen LogP contribution is -2.34. The summed E-state index contributed by atoms with van der Waals surface area (Å²) in [5, 5.41) is 17.6.